The summed E-state index contributed by atoms with van der Waals surface area (Å²) in [5, 5.41) is 0.694. The second kappa shape index (κ2) is 5.88. The molecule has 1 aromatic carbocycles. The molecule has 1 aliphatic rings. The number of halogens is 1. The highest BCUT2D eigenvalue weighted by molar-refractivity contribution is 6.30. The zero-order chi connectivity index (χ0) is 14.8. The summed E-state index contributed by atoms with van der Waals surface area (Å²) in [6, 6.07) is 7.47. The Morgan fingerprint density at radius 2 is 1.95 bits per heavy atom. The maximum Gasteiger partial charge on any atom is 0.415 e. The van der Waals surface area contributed by atoms with E-state index in [1.165, 1.54) is 0 Å². The van der Waals surface area contributed by atoms with E-state index in [9.17, 15) is 4.79 Å². The van der Waals surface area contributed by atoms with Gasteiger partial charge in [-0.2, -0.15) is 0 Å². The van der Waals surface area contributed by atoms with E-state index in [-0.39, 0.29) is 6.09 Å². The average Bonchev–Trinajstić information content (AvgIpc) is 2.60. The number of unbranched alkanes of at least 4 members (excludes halogenated alkanes) is 1. The van der Waals surface area contributed by atoms with Crippen LogP contribution in [0.15, 0.2) is 30.0 Å². The van der Waals surface area contributed by atoms with Crippen LogP contribution in [0.1, 0.15) is 39.2 Å². The van der Waals surface area contributed by atoms with Gasteiger partial charge < -0.3 is 4.74 Å². The number of hydrogen-bond donors (Lipinski definition) is 0. The van der Waals surface area contributed by atoms with Gasteiger partial charge in [-0.25, -0.2) is 4.79 Å². The number of hydrogen-bond acceptors (Lipinski definition) is 2. The Kier molecular flexibility index (Phi) is 4.39. The minimum atomic E-state index is -0.411. The van der Waals surface area contributed by atoms with Gasteiger partial charge in [-0.15, -0.1) is 0 Å². The minimum absolute atomic E-state index is 0.260. The van der Waals surface area contributed by atoms with E-state index in [4.69, 9.17) is 16.3 Å². The van der Waals surface area contributed by atoms with Crippen LogP contribution >= 0.6 is 11.6 Å². The second-order valence-corrected chi connectivity index (χ2v) is 5.93. The number of carbonyl (C=O) groups is 1. The predicted molar refractivity (Wildman–Crippen MR) is 81.6 cm³/mol. The second-order valence-electron chi connectivity index (χ2n) is 5.49. The molecule has 0 saturated carbocycles. The maximum absolute atomic E-state index is 12.0. The van der Waals surface area contributed by atoms with Gasteiger partial charge in [-0.05, 0) is 44.0 Å². The molecule has 1 saturated heterocycles. The number of rotatable bonds is 4. The van der Waals surface area contributed by atoms with E-state index in [1.54, 1.807) is 4.90 Å². The van der Waals surface area contributed by atoms with E-state index in [2.05, 4.69) is 6.92 Å². The van der Waals surface area contributed by atoms with Crippen LogP contribution in [0.25, 0.3) is 6.08 Å². The van der Waals surface area contributed by atoms with Crippen molar-refractivity contribution in [3.63, 3.8) is 0 Å². The molecule has 0 bridgehead atoms. The molecule has 1 amide bonds. The molecular weight excluding hydrogens is 274 g/mol. The molecule has 20 heavy (non-hydrogen) atoms. The summed E-state index contributed by atoms with van der Waals surface area (Å²) in [6.07, 6.45) is 3.67. The summed E-state index contributed by atoms with van der Waals surface area (Å²) < 4.78 is 5.44. The quantitative estimate of drug-likeness (QED) is 0.804. The van der Waals surface area contributed by atoms with E-state index >= 15 is 0 Å². The Morgan fingerprint density at radius 1 is 1.30 bits per heavy atom. The number of benzene rings is 1. The van der Waals surface area contributed by atoms with Gasteiger partial charge in [-0.3, -0.25) is 4.90 Å². The van der Waals surface area contributed by atoms with Crippen molar-refractivity contribution in [1.29, 1.82) is 0 Å². The van der Waals surface area contributed by atoms with Gasteiger partial charge in [0.1, 0.15) is 5.76 Å². The lowest BCUT2D eigenvalue weighted by Crippen LogP contribution is -2.41. The maximum atomic E-state index is 12.0. The predicted octanol–water partition coefficient (Wildman–Crippen LogP) is 4.71. The van der Waals surface area contributed by atoms with Gasteiger partial charge in [0.05, 0.1) is 5.54 Å². The summed E-state index contributed by atoms with van der Waals surface area (Å²) in [7, 11) is 0. The van der Waals surface area contributed by atoms with Crippen molar-refractivity contribution >= 4 is 23.8 Å². The molecule has 108 valence electrons. The smallest absolute Gasteiger partial charge is 0.412 e. The fraction of sp³-hybridized carbons (Fsp3) is 0.438. The van der Waals surface area contributed by atoms with Crippen LogP contribution in [0.5, 0.6) is 0 Å². The molecule has 0 atom stereocenters. The standard InChI is InChI=1S/C16H20ClNO2/c1-4-5-10-18-15(19)20-14(16(18,2)3)11-12-6-8-13(17)9-7-12/h6-9,11H,4-5,10H2,1-3H3/b14-11-. The highest BCUT2D eigenvalue weighted by atomic mass is 35.5. The van der Waals surface area contributed by atoms with Crippen molar-refractivity contribution in [1.82, 2.24) is 4.90 Å². The lowest BCUT2D eigenvalue weighted by atomic mass is 9.99. The van der Waals surface area contributed by atoms with Crippen LogP contribution in [0, 0.1) is 0 Å². The topological polar surface area (TPSA) is 29.5 Å². The Hall–Kier alpha value is -1.48. The third-order valence-electron chi connectivity index (χ3n) is 3.60. The molecule has 0 aliphatic carbocycles. The lowest BCUT2D eigenvalue weighted by Gasteiger charge is -2.28. The van der Waals surface area contributed by atoms with Crippen molar-refractivity contribution < 1.29 is 9.53 Å². The zero-order valence-electron chi connectivity index (χ0n) is 12.1. The van der Waals surface area contributed by atoms with Crippen LogP contribution in [0.3, 0.4) is 0 Å². The molecule has 2 rings (SSSR count). The molecule has 1 aromatic rings. The molecule has 1 fully saturated rings. The number of nitrogens with zero attached hydrogens (tertiary/aromatic N) is 1. The first kappa shape index (κ1) is 14.9. The van der Waals surface area contributed by atoms with E-state index in [0.29, 0.717) is 10.8 Å². The average molecular weight is 294 g/mol. The van der Waals surface area contributed by atoms with Gasteiger partial charge in [0.15, 0.2) is 0 Å². The number of cyclic esters (lactones) is 1. The minimum Gasteiger partial charge on any atom is -0.412 e. The molecular formula is C16H20ClNO2. The van der Waals surface area contributed by atoms with Crippen molar-refractivity contribution in [3.05, 3.63) is 40.6 Å². The molecule has 0 radical (unpaired) electrons. The van der Waals surface area contributed by atoms with E-state index in [1.807, 2.05) is 44.2 Å². The number of ether oxygens (including phenoxy) is 1. The lowest BCUT2D eigenvalue weighted by molar-refractivity contribution is 0.156. The summed E-state index contributed by atoms with van der Waals surface area (Å²) in [6.45, 7) is 6.85. The molecule has 1 aliphatic heterocycles. The van der Waals surface area contributed by atoms with Crippen LogP contribution in [0.2, 0.25) is 5.02 Å². The third-order valence-corrected chi connectivity index (χ3v) is 3.85. The normalized spacial score (nSPS) is 19.5. The zero-order valence-corrected chi connectivity index (χ0v) is 12.9. The van der Waals surface area contributed by atoms with Gasteiger partial charge in [0.2, 0.25) is 0 Å². The third kappa shape index (κ3) is 2.98. The Bertz CT molecular complexity index is 520. The first-order valence-electron chi connectivity index (χ1n) is 6.92. The van der Waals surface area contributed by atoms with Crippen molar-refractivity contribution in [3.8, 4) is 0 Å². The number of amides is 1. The molecule has 4 heteroatoms. The first-order valence-corrected chi connectivity index (χ1v) is 7.30. The summed E-state index contributed by atoms with van der Waals surface area (Å²) in [5.41, 5.74) is 0.564. The van der Waals surface area contributed by atoms with Crippen molar-refractivity contribution in [2.45, 2.75) is 39.2 Å². The van der Waals surface area contributed by atoms with E-state index < -0.39 is 5.54 Å². The Balaban J connectivity index is 2.24. The van der Waals surface area contributed by atoms with E-state index in [0.717, 1.165) is 24.9 Å². The fourth-order valence-electron chi connectivity index (χ4n) is 2.24. The fourth-order valence-corrected chi connectivity index (χ4v) is 2.36. The highest BCUT2D eigenvalue weighted by Crippen LogP contribution is 2.34. The largest absolute Gasteiger partial charge is 0.415 e. The van der Waals surface area contributed by atoms with Crippen LogP contribution in [-0.2, 0) is 4.74 Å². The SMILES string of the molecule is CCCCN1C(=O)O/C(=C\c2ccc(Cl)cc2)C1(C)C. The first-order chi connectivity index (χ1) is 9.45. The van der Waals surface area contributed by atoms with Gasteiger partial charge in [0.25, 0.3) is 0 Å². The van der Waals surface area contributed by atoms with Gasteiger partial charge >= 0.3 is 6.09 Å². The summed E-state index contributed by atoms with van der Waals surface area (Å²) >= 11 is 5.87. The number of carbonyl (C=O) groups excluding carboxylic acids is 1. The van der Waals surface area contributed by atoms with Gasteiger partial charge in [-0.1, -0.05) is 37.1 Å². The van der Waals surface area contributed by atoms with Crippen LogP contribution < -0.4 is 0 Å². The summed E-state index contributed by atoms with van der Waals surface area (Å²) in [4.78, 5) is 13.8. The van der Waals surface area contributed by atoms with Gasteiger partial charge in [0, 0.05) is 11.6 Å². The molecule has 0 aromatic heterocycles. The Morgan fingerprint density at radius 3 is 2.55 bits per heavy atom. The molecule has 1 heterocycles. The molecule has 0 N–H and O–H groups in total. The molecule has 0 unspecified atom stereocenters. The highest BCUT2D eigenvalue weighted by Gasteiger charge is 2.44. The van der Waals surface area contributed by atoms with Crippen LogP contribution in [0.4, 0.5) is 4.79 Å². The monoisotopic (exact) mass is 293 g/mol. The molecule has 3 nitrogen and oxygen atoms in total. The Labute approximate surface area is 125 Å². The molecule has 0 spiro atoms. The summed E-state index contributed by atoms with van der Waals surface area (Å²) in [5.74, 6) is 0.681. The van der Waals surface area contributed by atoms with Crippen molar-refractivity contribution in [2.75, 3.05) is 6.54 Å². The van der Waals surface area contributed by atoms with Crippen LogP contribution in [-0.4, -0.2) is 23.1 Å². The van der Waals surface area contributed by atoms with Crippen molar-refractivity contribution in [2.24, 2.45) is 0 Å².